The number of likely N-dealkylation sites (N-methyl/N-ethyl adjacent to an activating group) is 1. The molecule has 3 atom stereocenters. The van der Waals surface area contributed by atoms with E-state index in [1.54, 1.807) is 30.1 Å². The molecule has 5 rings (SSSR count). The van der Waals surface area contributed by atoms with Crippen molar-refractivity contribution in [2.24, 2.45) is 11.3 Å². The van der Waals surface area contributed by atoms with Crippen molar-refractivity contribution in [1.82, 2.24) is 4.90 Å². The lowest BCUT2D eigenvalue weighted by molar-refractivity contribution is -0.228. The van der Waals surface area contributed by atoms with Gasteiger partial charge in [0.25, 0.3) is 0 Å². The summed E-state index contributed by atoms with van der Waals surface area (Å²) in [5.41, 5.74) is -3.39. The zero-order valence-corrected chi connectivity index (χ0v) is 23.4. The van der Waals surface area contributed by atoms with Crippen molar-refractivity contribution in [2.75, 3.05) is 25.0 Å². The van der Waals surface area contributed by atoms with Crippen LogP contribution in [0.4, 0.5) is 27.6 Å². The largest absolute Gasteiger partial charge is 0.481 e. The minimum atomic E-state index is -5.09. The van der Waals surface area contributed by atoms with Gasteiger partial charge in [0, 0.05) is 42.2 Å². The van der Waals surface area contributed by atoms with E-state index in [1.807, 2.05) is 11.8 Å². The Balaban J connectivity index is 1.55. The average Bonchev–Trinajstić information content (AvgIpc) is 3.27. The number of fused-ring (bicyclic) bond motifs is 3. The fourth-order valence-corrected chi connectivity index (χ4v) is 7.18. The molecule has 2 heterocycles. The summed E-state index contributed by atoms with van der Waals surface area (Å²) in [6.07, 6.45) is -2.38. The number of carboxylic acid groups (broad SMARTS) is 1. The molecule has 3 aliphatic rings. The quantitative estimate of drug-likeness (QED) is 0.418. The molecule has 0 spiro atoms. The van der Waals surface area contributed by atoms with Gasteiger partial charge in [0.05, 0.1) is 12.0 Å². The average molecular weight is 579 g/mol. The van der Waals surface area contributed by atoms with Gasteiger partial charge < -0.3 is 14.9 Å². The first kappa shape index (κ1) is 29.3. The van der Waals surface area contributed by atoms with Crippen molar-refractivity contribution in [1.29, 1.82) is 0 Å². The number of nitrogens with zero attached hydrogens (tertiary/aromatic N) is 2. The molecule has 41 heavy (non-hydrogen) atoms. The number of hydrogen-bond donors (Lipinski definition) is 1. The summed E-state index contributed by atoms with van der Waals surface area (Å²) in [4.78, 5) is 29.3. The Labute approximate surface area is 236 Å². The zero-order chi connectivity index (χ0) is 30.0. The zero-order valence-electron chi connectivity index (χ0n) is 23.4. The van der Waals surface area contributed by atoms with E-state index in [9.17, 15) is 36.6 Å². The summed E-state index contributed by atoms with van der Waals surface area (Å²) in [6.45, 7) is 3.15. The lowest BCUT2D eigenvalue weighted by Gasteiger charge is -2.49. The summed E-state index contributed by atoms with van der Waals surface area (Å²) in [5, 5.41) is 9.43. The third kappa shape index (κ3) is 4.87. The molecule has 5 nitrogen and oxygen atoms in total. The van der Waals surface area contributed by atoms with E-state index in [1.165, 1.54) is 24.3 Å². The molecule has 2 fully saturated rings. The van der Waals surface area contributed by atoms with Crippen molar-refractivity contribution >= 4 is 17.6 Å². The highest BCUT2D eigenvalue weighted by molar-refractivity contribution is 5.84. The molecule has 3 unspecified atom stereocenters. The van der Waals surface area contributed by atoms with E-state index in [2.05, 4.69) is 0 Å². The topological polar surface area (TPSA) is 60.9 Å². The highest BCUT2D eigenvalue weighted by atomic mass is 19.4. The molecule has 1 saturated heterocycles. The van der Waals surface area contributed by atoms with Crippen LogP contribution in [-0.2, 0) is 27.1 Å². The van der Waals surface area contributed by atoms with E-state index in [0.717, 1.165) is 11.1 Å². The van der Waals surface area contributed by atoms with E-state index in [4.69, 9.17) is 0 Å². The molecule has 2 aromatic rings. The third-order valence-corrected chi connectivity index (χ3v) is 9.93. The number of benzene rings is 2. The number of carbonyl (C=O) groups excluding carboxylic acids is 1. The Morgan fingerprint density at radius 2 is 1.66 bits per heavy atom. The summed E-state index contributed by atoms with van der Waals surface area (Å²) in [5.74, 6) is -1.75. The Morgan fingerprint density at radius 1 is 1.02 bits per heavy atom. The van der Waals surface area contributed by atoms with Crippen LogP contribution in [0.15, 0.2) is 42.5 Å². The van der Waals surface area contributed by atoms with Crippen LogP contribution in [0.25, 0.3) is 0 Å². The smallest absolute Gasteiger partial charge is 0.426 e. The number of amides is 1. The fraction of sp³-hybridized carbons (Fsp3) is 0.548. The molecule has 0 aromatic heterocycles. The highest BCUT2D eigenvalue weighted by Gasteiger charge is 2.58. The second-order valence-electron chi connectivity index (χ2n) is 12.5. The molecule has 1 amide bonds. The normalized spacial score (nSPS) is 29.5. The number of likely N-dealkylation sites (tertiary alicyclic amines) is 1. The number of aliphatic carboxylic acids is 1. The first-order chi connectivity index (χ1) is 19.1. The minimum Gasteiger partial charge on any atom is -0.481 e. The monoisotopic (exact) mass is 578 g/mol. The van der Waals surface area contributed by atoms with Crippen molar-refractivity contribution in [3.63, 3.8) is 0 Å². The van der Waals surface area contributed by atoms with Crippen molar-refractivity contribution in [3.8, 4) is 0 Å². The van der Waals surface area contributed by atoms with Gasteiger partial charge in [-0.3, -0.25) is 9.59 Å². The minimum absolute atomic E-state index is 0.0470. The fourth-order valence-electron chi connectivity index (χ4n) is 7.18. The molecule has 2 aromatic carbocycles. The van der Waals surface area contributed by atoms with Gasteiger partial charge in [-0.05, 0) is 74.8 Å². The molecule has 2 aliphatic heterocycles. The second kappa shape index (κ2) is 9.98. The number of alkyl halides is 4. The summed E-state index contributed by atoms with van der Waals surface area (Å²) in [6, 6.07) is 9.75. The Kier molecular flexibility index (Phi) is 7.14. The number of halogens is 5. The summed E-state index contributed by atoms with van der Waals surface area (Å²) >= 11 is 0. The Morgan fingerprint density at radius 3 is 2.24 bits per heavy atom. The van der Waals surface area contributed by atoms with Gasteiger partial charge in [0.2, 0.25) is 11.6 Å². The van der Waals surface area contributed by atoms with Gasteiger partial charge >= 0.3 is 12.1 Å². The SMILES string of the molecule is CN1CC2N(C(=O)[C@]3(C)CC[C@@H](C(=O)O)CC3)CCC2(Cc2ccc(F)cc2)c2ccc(C(C)(F)C(F)(F)F)cc21. The second-order valence-corrected chi connectivity index (χ2v) is 12.5. The van der Waals surface area contributed by atoms with Gasteiger partial charge in [-0.2, -0.15) is 13.2 Å². The molecule has 1 aliphatic carbocycles. The van der Waals surface area contributed by atoms with Gasteiger partial charge in [0.15, 0.2) is 0 Å². The summed E-state index contributed by atoms with van der Waals surface area (Å²) < 4.78 is 69.5. The first-order valence-electron chi connectivity index (χ1n) is 14.0. The molecule has 10 heteroatoms. The Bertz CT molecular complexity index is 1330. The molecular weight excluding hydrogens is 543 g/mol. The molecule has 0 bridgehead atoms. The van der Waals surface area contributed by atoms with Crippen LogP contribution in [-0.4, -0.2) is 54.2 Å². The van der Waals surface area contributed by atoms with Crippen LogP contribution in [0.2, 0.25) is 0 Å². The van der Waals surface area contributed by atoms with Crippen molar-refractivity contribution in [3.05, 3.63) is 65.0 Å². The van der Waals surface area contributed by atoms with Gasteiger partial charge in [-0.15, -0.1) is 0 Å². The number of carbonyl (C=O) groups is 2. The van der Waals surface area contributed by atoms with Crippen molar-refractivity contribution in [2.45, 2.75) is 75.7 Å². The number of anilines is 1. The standard InChI is InChI=1S/C31H35F5N2O3/c1-28(12-10-20(11-13-28)26(39)40)27(41)38-15-14-30(17-19-4-7-22(32)8-5-19)23-9-6-21(29(2,33)31(34,35)36)16-24(23)37(3)18-25(30)38/h4-9,16,20,25H,10-15,17-18H2,1-3H3,(H,39,40)/t20-,25?,28-,29?,30?. The Hall–Kier alpha value is -3.17. The number of rotatable bonds is 5. The first-order valence-corrected chi connectivity index (χ1v) is 14.0. The van der Waals surface area contributed by atoms with Gasteiger partial charge in [-0.1, -0.05) is 31.2 Å². The van der Waals surface area contributed by atoms with Gasteiger partial charge in [-0.25, -0.2) is 8.78 Å². The van der Waals surface area contributed by atoms with Gasteiger partial charge in [0.1, 0.15) is 5.82 Å². The van der Waals surface area contributed by atoms with E-state index < -0.39 is 45.9 Å². The molecule has 0 radical (unpaired) electrons. The van der Waals surface area contributed by atoms with Crippen LogP contribution >= 0.6 is 0 Å². The van der Waals surface area contributed by atoms with E-state index in [-0.39, 0.29) is 11.9 Å². The predicted molar refractivity (Wildman–Crippen MR) is 144 cm³/mol. The van der Waals surface area contributed by atoms with E-state index >= 15 is 0 Å². The maximum Gasteiger partial charge on any atom is 0.426 e. The molecular formula is C31H35F5N2O3. The molecule has 1 saturated carbocycles. The number of carboxylic acids is 1. The maximum atomic E-state index is 15.0. The highest BCUT2D eigenvalue weighted by Crippen LogP contribution is 2.53. The van der Waals surface area contributed by atoms with Crippen LogP contribution in [0.3, 0.4) is 0 Å². The van der Waals surface area contributed by atoms with Crippen LogP contribution in [0, 0.1) is 17.2 Å². The number of hydrogen-bond acceptors (Lipinski definition) is 3. The van der Waals surface area contributed by atoms with Crippen LogP contribution in [0.5, 0.6) is 0 Å². The van der Waals surface area contributed by atoms with E-state index in [0.29, 0.717) is 64.2 Å². The maximum absolute atomic E-state index is 15.0. The molecule has 1 N–H and O–H groups in total. The van der Waals surface area contributed by atoms with Crippen LogP contribution < -0.4 is 4.90 Å². The predicted octanol–water partition coefficient (Wildman–Crippen LogP) is 6.39. The third-order valence-electron chi connectivity index (χ3n) is 9.93. The van der Waals surface area contributed by atoms with Crippen LogP contribution in [0.1, 0.15) is 62.6 Å². The molecule has 222 valence electrons. The lowest BCUT2D eigenvalue weighted by Crippen LogP contribution is -2.58. The lowest BCUT2D eigenvalue weighted by atomic mass is 9.66. The summed E-state index contributed by atoms with van der Waals surface area (Å²) in [7, 11) is 1.73. The van der Waals surface area contributed by atoms with Crippen molar-refractivity contribution < 1.29 is 36.6 Å².